The Balaban J connectivity index is 1.39. The molecule has 1 saturated heterocycles. The molecule has 12 heteroatoms. The number of urea groups is 1. The Morgan fingerprint density at radius 2 is 1.66 bits per heavy atom. The lowest BCUT2D eigenvalue weighted by molar-refractivity contribution is -0.143. The fraction of sp³-hybridized carbons (Fsp3) is 0.621. The number of ketones is 1. The van der Waals surface area contributed by atoms with Crippen molar-refractivity contribution in [1.82, 2.24) is 20.9 Å². The zero-order chi connectivity index (χ0) is 29.9. The van der Waals surface area contributed by atoms with E-state index in [1.807, 2.05) is 45.0 Å². The van der Waals surface area contributed by atoms with Gasteiger partial charge in [0.15, 0.2) is 0 Å². The van der Waals surface area contributed by atoms with Gasteiger partial charge in [0.2, 0.25) is 17.6 Å². The molecule has 4 aliphatic rings. The van der Waals surface area contributed by atoms with Gasteiger partial charge in [-0.2, -0.15) is 0 Å². The van der Waals surface area contributed by atoms with Crippen LogP contribution >= 0.6 is 23.2 Å². The second-order valence-corrected chi connectivity index (χ2v) is 14.4. The summed E-state index contributed by atoms with van der Waals surface area (Å²) in [5.74, 6) is -3.93. The Morgan fingerprint density at radius 3 is 2.20 bits per heavy atom. The van der Waals surface area contributed by atoms with Crippen LogP contribution in [0.25, 0.3) is 0 Å². The first-order chi connectivity index (χ1) is 19.2. The lowest BCUT2D eigenvalue weighted by Crippen LogP contribution is -2.61. The molecule has 10 nitrogen and oxygen atoms in total. The van der Waals surface area contributed by atoms with E-state index in [2.05, 4.69) is 16.0 Å². The number of nitrogens with zero attached hydrogens (tertiary/aromatic N) is 1. The monoisotopic (exact) mass is 605 g/mol. The maximum absolute atomic E-state index is 14.3. The molecule has 2 saturated carbocycles. The first-order valence-electron chi connectivity index (χ1n) is 14.1. The lowest BCUT2D eigenvalue weighted by atomic mass is 9.94. The smallest absolute Gasteiger partial charge is 0.315 e. The fourth-order valence-electron chi connectivity index (χ4n) is 6.39. The molecule has 5 rings (SSSR count). The molecule has 0 aromatic heterocycles. The SMILES string of the molecule is CC(C)(C)NC(=O)N[C@H](C(=O)N1CC2[C@@H]([C@H]1C(=O)NC(CC1CC1)C(=O)C(N)=O)C2(Cl)Cl)C1Cc2ccccc2C1. The number of amides is 5. The van der Waals surface area contributed by atoms with Gasteiger partial charge in [0.25, 0.3) is 5.91 Å². The van der Waals surface area contributed by atoms with Gasteiger partial charge >= 0.3 is 6.03 Å². The molecule has 41 heavy (non-hydrogen) atoms. The summed E-state index contributed by atoms with van der Waals surface area (Å²) in [5, 5.41) is 8.43. The summed E-state index contributed by atoms with van der Waals surface area (Å²) in [5.41, 5.74) is 6.95. The second-order valence-electron chi connectivity index (χ2n) is 13.0. The van der Waals surface area contributed by atoms with Crippen LogP contribution in [-0.2, 0) is 32.0 Å². The van der Waals surface area contributed by atoms with E-state index in [1.54, 1.807) is 0 Å². The van der Waals surface area contributed by atoms with Crippen molar-refractivity contribution in [2.45, 2.75) is 80.9 Å². The zero-order valence-corrected chi connectivity index (χ0v) is 24.9. The van der Waals surface area contributed by atoms with Crippen LogP contribution in [-0.4, -0.2) is 69.0 Å². The Bertz CT molecular complexity index is 1250. The Hall–Kier alpha value is -2.85. The van der Waals surface area contributed by atoms with Gasteiger partial charge in [-0.05, 0) is 63.0 Å². The van der Waals surface area contributed by atoms with Crippen LogP contribution in [0.1, 0.15) is 51.2 Å². The minimum absolute atomic E-state index is 0.129. The number of Topliss-reactive ketones (excluding diaryl/α,β-unsaturated/α-hetero) is 1. The summed E-state index contributed by atoms with van der Waals surface area (Å²) in [4.78, 5) is 66.7. The van der Waals surface area contributed by atoms with E-state index < -0.39 is 63.5 Å². The third kappa shape index (κ3) is 6.18. The van der Waals surface area contributed by atoms with Crippen molar-refractivity contribution in [1.29, 1.82) is 0 Å². The average Bonchev–Trinajstić information content (AvgIpc) is 3.63. The van der Waals surface area contributed by atoms with Crippen LogP contribution in [0.4, 0.5) is 4.79 Å². The van der Waals surface area contributed by atoms with Crippen molar-refractivity contribution >= 4 is 52.7 Å². The van der Waals surface area contributed by atoms with Crippen LogP contribution < -0.4 is 21.7 Å². The van der Waals surface area contributed by atoms with Crippen LogP contribution in [0.2, 0.25) is 0 Å². The van der Waals surface area contributed by atoms with Crippen molar-refractivity contribution in [2.24, 2.45) is 29.4 Å². The van der Waals surface area contributed by atoms with Crippen molar-refractivity contribution in [3.05, 3.63) is 35.4 Å². The molecule has 0 bridgehead atoms. The molecular weight excluding hydrogens is 569 g/mol. The number of alkyl halides is 2. The van der Waals surface area contributed by atoms with Crippen LogP contribution in [0.5, 0.6) is 0 Å². The van der Waals surface area contributed by atoms with Gasteiger partial charge in [0.1, 0.15) is 16.4 Å². The number of halogens is 2. The number of carbonyl (C=O) groups is 5. The summed E-state index contributed by atoms with van der Waals surface area (Å²) in [6.45, 7) is 5.66. The maximum atomic E-state index is 14.3. The molecule has 1 aromatic carbocycles. The number of nitrogens with one attached hydrogen (secondary N) is 3. The van der Waals surface area contributed by atoms with Gasteiger partial charge in [-0.3, -0.25) is 19.2 Å². The van der Waals surface area contributed by atoms with E-state index in [4.69, 9.17) is 28.9 Å². The number of fused-ring (bicyclic) bond motifs is 2. The third-order valence-electron chi connectivity index (χ3n) is 8.62. The number of nitrogens with two attached hydrogens (primary N) is 1. The topological polar surface area (TPSA) is 151 Å². The highest BCUT2D eigenvalue weighted by Gasteiger charge is 2.74. The van der Waals surface area contributed by atoms with Gasteiger partial charge in [-0.15, -0.1) is 23.2 Å². The van der Waals surface area contributed by atoms with Gasteiger partial charge in [-0.25, -0.2) is 4.79 Å². The summed E-state index contributed by atoms with van der Waals surface area (Å²) >= 11 is 13.0. The molecule has 5 atom stereocenters. The van der Waals surface area contributed by atoms with E-state index in [9.17, 15) is 24.0 Å². The number of primary amides is 1. The van der Waals surface area contributed by atoms with Crippen LogP contribution in [0, 0.1) is 23.7 Å². The van der Waals surface area contributed by atoms with Crippen LogP contribution in [0.15, 0.2) is 24.3 Å². The third-order valence-corrected chi connectivity index (χ3v) is 9.69. The number of hydrogen-bond acceptors (Lipinski definition) is 5. The minimum Gasteiger partial charge on any atom is -0.363 e. The van der Waals surface area contributed by atoms with Crippen LogP contribution in [0.3, 0.4) is 0 Å². The predicted molar refractivity (Wildman–Crippen MR) is 153 cm³/mol. The zero-order valence-electron chi connectivity index (χ0n) is 23.4. The Kier molecular flexibility index (Phi) is 7.78. The Morgan fingerprint density at radius 1 is 1.05 bits per heavy atom. The molecule has 2 unspecified atom stereocenters. The highest BCUT2D eigenvalue weighted by atomic mass is 35.5. The van der Waals surface area contributed by atoms with Crippen molar-refractivity contribution < 1.29 is 24.0 Å². The van der Waals surface area contributed by atoms with Gasteiger partial charge in [-0.1, -0.05) is 37.1 Å². The Labute approximate surface area is 249 Å². The number of carbonyl (C=O) groups excluding carboxylic acids is 5. The van der Waals surface area contributed by atoms with Crippen molar-refractivity contribution in [2.75, 3.05) is 6.54 Å². The molecular formula is C29H37Cl2N5O5. The molecule has 3 fully saturated rings. The summed E-state index contributed by atoms with van der Waals surface area (Å²) in [7, 11) is 0. The molecule has 0 spiro atoms. The van der Waals surface area contributed by atoms with E-state index in [-0.39, 0.29) is 24.3 Å². The quantitative estimate of drug-likeness (QED) is 0.250. The molecule has 3 aliphatic carbocycles. The molecule has 5 N–H and O–H groups in total. The number of rotatable bonds is 9. The molecule has 1 aromatic rings. The average molecular weight is 607 g/mol. The van der Waals surface area contributed by atoms with Gasteiger partial charge < -0.3 is 26.6 Å². The molecule has 1 aliphatic heterocycles. The van der Waals surface area contributed by atoms with E-state index >= 15 is 0 Å². The maximum Gasteiger partial charge on any atom is 0.315 e. The summed E-state index contributed by atoms with van der Waals surface area (Å²) in [6.07, 6.45) is 3.28. The molecule has 222 valence electrons. The van der Waals surface area contributed by atoms with Gasteiger partial charge in [0, 0.05) is 23.9 Å². The molecule has 0 radical (unpaired) electrons. The minimum atomic E-state index is -1.20. The standard InChI is InChI=1S/C29H37Cl2N5O5/c1-28(2,3)35-27(41)34-21(17-11-15-6-4-5-7-16(15)12-17)26(40)36-13-18-20(29(18,30)31)22(36)25(39)33-19(10-14-8-9-14)23(37)24(32)38/h4-7,14,17-22H,8-13H2,1-3H3,(H2,32,38)(H,33,39)(H2,34,35,41)/t18?,19?,20-,21-,22-/m0/s1. The number of piperidine rings is 1. The lowest BCUT2D eigenvalue weighted by Gasteiger charge is -2.35. The largest absolute Gasteiger partial charge is 0.363 e. The normalized spacial score (nSPS) is 25.9. The highest BCUT2D eigenvalue weighted by Crippen LogP contribution is 2.65. The van der Waals surface area contributed by atoms with Crippen molar-refractivity contribution in [3.63, 3.8) is 0 Å². The molecule has 1 heterocycles. The first kappa shape index (κ1) is 29.6. The van der Waals surface area contributed by atoms with E-state index in [0.717, 1.165) is 24.0 Å². The van der Waals surface area contributed by atoms with E-state index in [0.29, 0.717) is 19.3 Å². The predicted octanol–water partition coefficient (Wildman–Crippen LogP) is 1.84. The second kappa shape index (κ2) is 10.8. The fourth-order valence-corrected chi connectivity index (χ4v) is 7.21. The summed E-state index contributed by atoms with van der Waals surface area (Å²) in [6, 6.07) is 4.35. The summed E-state index contributed by atoms with van der Waals surface area (Å²) < 4.78 is -1.20. The molecule has 5 amide bonds. The van der Waals surface area contributed by atoms with Gasteiger partial charge in [0.05, 0.1) is 6.04 Å². The highest BCUT2D eigenvalue weighted by molar-refractivity contribution is 6.51. The number of likely N-dealkylation sites (tertiary alicyclic amines) is 1. The number of benzene rings is 1. The first-order valence-corrected chi connectivity index (χ1v) is 14.9. The number of hydrogen-bond donors (Lipinski definition) is 4. The van der Waals surface area contributed by atoms with E-state index in [1.165, 1.54) is 4.90 Å². The van der Waals surface area contributed by atoms with Crippen molar-refractivity contribution in [3.8, 4) is 0 Å².